The van der Waals surface area contributed by atoms with Gasteiger partial charge in [0.2, 0.25) is 5.91 Å². The molecule has 8 heteroatoms. The summed E-state index contributed by atoms with van der Waals surface area (Å²) in [5.41, 5.74) is 0.567. The van der Waals surface area contributed by atoms with E-state index in [0.717, 1.165) is 6.26 Å². The van der Waals surface area contributed by atoms with Crippen LogP contribution in [0.1, 0.15) is 18.4 Å². The summed E-state index contributed by atoms with van der Waals surface area (Å²) < 4.78 is 36.7. The van der Waals surface area contributed by atoms with Gasteiger partial charge in [-0.1, -0.05) is 15.9 Å². The monoisotopic (exact) mass is 392 g/mol. The molecule has 0 bridgehead atoms. The summed E-state index contributed by atoms with van der Waals surface area (Å²) in [6.45, 7) is 1.04. The van der Waals surface area contributed by atoms with Crippen molar-refractivity contribution in [2.24, 2.45) is 0 Å². The van der Waals surface area contributed by atoms with Crippen LogP contribution in [-0.2, 0) is 21.2 Å². The first-order valence-electron chi connectivity index (χ1n) is 6.88. The van der Waals surface area contributed by atoms with Gasteiger partial charge in [-0.15, -0.1) is 0 Å². The van der Waals surface area contributed by atoms with Crippen molar-refractivity contribution in [2.45, 2.75) is 24.1 Å². The Balaban J connectivity index is 2.15. The highest BCUT2D eigenvalue weighted by molar-refractivity contribution is 9.10. The standard InChI is InChI=1S/C14H18BrFN2O3S/c1-22(20,21)14(2-4-17-5-3-14)13(19)18-9-10-6-11(15)8-12(16)7-10/h6-8,17H,2-5,9H2,1H3,(H,18,19). The second-order valence-electron chi connectivity index (χ2n) is 5.48. The van der Waals surface area contributed by atoms with Crippen molar-refractivity contribution in [1.82, 2.24) is 10.6 Å². The Hall–Kier alpha value is -0.990. The molecule has 1 aliphatic rings. The topological polar surface area (TPSA) is 75.3 Å². The van der Waals surface area contributed by atoms with E-state index in [4.69, 9.17) is 0 Å². The number of benzene rings is 1. The molecule has 122 valence electrons. The molecule has 1 saturated heterocycles. The third kappa shape index (κ3) is 3.67. The second kappa shape index (κ2) is 6.64. The molecule has 0 aromatic heterocycles. The second-order valence-corrected chi connectivity index (χ2v) is 8.72. The summed E-state index contributed by atoms with van der Waals surface area (Å²) in [5, 5.41) is 5.69. The molecule has 5 nitrogen and oxygen atoms in total. The minimum atomic E-state index is -3.54. The maximum absolute atomic E-state index is 13.3. The molecule has 0 unspecified atom stereocenters. The highest BCUT2D eigenvalue weighted by atomic mass is 79.9. The first kappa shape index (κ1) is 17.4. The first-order chi connectivity index (χ1) is 10.2. The fraction of sp³-hybridized carbons (Fsp3) is 0.500. The lowest BCUT2D eigenvalue weighted by molar-refractivity contribution is -0.124. The predicted octanol–water partition coefficient (Wildman–Crippen LogP) is 1.37. The minimum Gasteiger partial charge on any atom is -0.351 e. The molecule has 2 N–H and O–H groups in total. The number of carbonyl (C=O) groups is 1. The summed E-state index contributed by atoms with van der Waals surface area (Å²) in [4.78, 5) is 12.5. The Morgan fingerprint density at radius 3 is 2.55 bits per heavy atom. The average molecular weight is 393 g/mol. The first-order valence-corrected chi connectivity index (χ1v) is 9.57. The third-order valence-corrected chi connectivity index (χ3v) is 6.38. The van der Waals surface area contributed by atoms with Gasteiger partial charge in [-0.3, -0.25) is 4.79 Å². The molecule has 1 aliphatic heterocycles. The number of hydrogen-bond acceptors (Lipinski definition) is 4. The van der Waals surface area contributed by atoms with Crippen LogP contribution in [-0.4, -0.2) is 38.4 Å². The number of piperidine rings is 1. The zero-order chi connectivity index (χ0) is 16.4. The summed E-state index contributed by atoms with van der Waals surface area (Å²) in [6, 6.07) is 4.30. The number of nitrogens with one attached hydrogen (secondary N) is 2. The number of sulfone groups is 1. The Morgan fingerprint density at radius 1 is 1.36 bits per heavy atom. The van der Waals surface area contributed by atoms with Gasteiger partial charge in [-0.25, -0.2) is 12.8 Å². The molecule has 1 heterocycles. The van der Waals surface area contributed by atoms with Crippen LogP contribution in [0.25, 0.3) is 0 Å². The van der Waals surface area contributed by atoms with Crippen LogP contribution in [0.4, 0.5) is 4.39 Å². The fourth-order valence-electron chi connectivity index (χ4n) is 2.65. The number of amides is 1. The van der Waals surface area contributed by atoms with Crippen LogP contribution in [0.15, 0.2) is 22.7 Å². The van der Waals surface area contributed by atoms with E-state index < -0.39 is 26.3 Å². The van der Waals surface area contributed by atoms with E-state index >= 15 is 0 Å². The predicted molar refractivity (Wildman–Crippen MR) is 85.6 cm³/mol. The number of carbonyl (C=O) groups excluding carboxylic acids is 1. The molecule has 0 aliphatic carbocycles. The van der Waals surface area contributed by atoms with Crippen LogP contribution in [0.3, 0.4) is 0 Å². The van der Waals surface area contributed by atoms with Gasteiger partial charge in [0.1, 0.15) is 5.82 Å². The number of rotatable bonds is 4. The van der Waals surface area contributed by atoms with Crippen LogP contribution in [0.5, 0.6) is 0 Å². The molecule has 1 fully saturated rings. The maximum Gasteiger partial charge on any atom is 0.241 e. The smallest absolute Gasteiger partial charge is 0.241 e. The van der Waals surface area contributed by atoms with Gasteiger partial charge in [0.25, 0.3) is 0 Å². The van der Waals surface area contributed by atoms with E-state index in [1.165, 1.54) is 12.1 Å². The van der Waals surface area contributed by atoms with Gasteiger partial charge in [0, 0.05) is 17.3 Å². The van der Waals surface area contributed by atoms with Crippen molar-refractivity contribution < 1.29 is 17.6 Å². The minimum absolute atomic E-state index is 0.0832. The Kier molecular flexibility index (Phi) is 5.24. The van der Waals surface area contributed by atoms with E-state index in [2.05, 4.69) is 26.6 Å². The SMILES string of the molecule is CS(=O)(=O)C1(C(=O)NCc2cc(F)cc(Br)c2)CCNCC1. The van der Waals surface area contributed by atoms with E-state index in [1.54, 1.807) is 6.07 Å². The highest BCUT2D eigenvalue weighted by Crippen LogP contribution is 2.28. The van der Waals surface area contributed by atoms with Crippen molar-refractivity contribution >= 4 is 31.7 Å². The zero-order valence-corrected chi connectivity index (χ0v) is 14.6. The molecular formula is C14H18BrFN2O3S. The average Bonchev–Trinajstić information content (AvgIpc) is 2.43. The summed E-state index contributed by atoms with van der Waals surface area (Å²) >= 11 is 3.18. The molecule has 1 aromatic rings. The summed E-state index contributed by atoms with van der Waals surface area (Å²) in [5.74, 6) is -0.935. The fourth-order valence-corrected chi connectivity index (χ4v) is 4.52. The summed E-state index contributed by atoms with van der Waals surface area (Å²) in [7, 11) is -3.54. The molecule has 1 aromatic carbocycles. The maximum atomic E-state index is 13.3. The lowest BCUT2D eigenvalue weighted by atomic mass is 9.95. The number of halogens is 2. The van der Waals surface area contributed by atoms with E-state index in [9.17, 15) is 17.6 Å². The molecule has 0 spiro atoms. The van der Waals surface area contributed by atoms with Crippen LogP contribution in [0, 0.1) is 5.82 Å². The van der Waals surface area contributed by atoms with Gasteiger partial charge in [-0.2, -0.15) is 0 Å². The molecular weight excluding hydrogens is 375 g/mol. The Labute approximate surface area is 137 Å². The molecule has 22 heavy (non-hydrogen) atoms. The zero-order valence-electron chi connectivity index (χ0n) is 12.2. The Bertz CT molecular complexity index is 652. The van der Waals surface area contributed by atoms with E-state index in [-0.39, 0.29) is 19.4 Å². The highest BCUT2D eigenvalue weighted by Gasteiger charge is 2.48. The van der Waals surface area contributed by atoms with Gasteiger partial charge in [-0.05, 0) is 49.7 Å². The van der Waals surface area contributed by atoms with Crippen molar-refractivity contribution in [3.63, 3.8) is 0 Å². The molecule has 0 radical (unpaired) electrons. The van der Waals surface area contributed by atoms with E-state index in [1.807, 2.05) is 0 Å². The molecule has 2 rings (SSSR count). The lowest BCUT2D eigenvalue weighted by Crippen LogP contribution is -2.57. The van der Waals surface area contributed by atoms with Gasteiger partial charge >= 0.3 is 0 Å². The van der Waals surface area contributed by atoms with Crippen molar-refractivity contribution in [3.8, 4) is 0 Å². The van der Waals surface area contributed by atoms with Crippen LogP contribution in [0.2, 0.25) is 0 Å². The Morgan fingerprint density at radius 2 is 2.00 bits per heavy atom. The van der Waals surface area contributed by atoms with E-state index in [0.29, 0.717) is 23.1 Å². The van der Waals surface area contributed by atoms with Gasteiger partial charge in [0.15, 0.2) is 14.6 Å². The largest absolute Gasteiger partial charge is 0.351 e. The quantitative estimate of drug-likeness (QED) is 0.811. The van der Waals surface area contributed by atoms with Gasteiger partial charge < -0.3 is 10.6 Å². The van der Waals surface area contributed by atoms with Crippen molar-refractivity contribution in [3.05, 3.63) is 34.1 Å². The normalized spacial score (nSPS) is 18.0. The van der Waals surface area contributed by atoms with Crippen LogP contribution >= 0.6 is 15.9 Å². The lowest BCUT2D eigenvalue weighted by Gasteiger charge is -2.34. The van der Waals surface area contributed by atoms with Crippen LogP contribution < -0.4 is 10.6 Å². The summed E-state index contributed by atoms with van der Waals surface area (Å²) in [6.07, 6.45) is 1.58. The molecule has 0 saturated carbocycles. The third-order valence-electron chi connectivity index (χ3n) is 3.91. The molecule has 1 amide bonds. The number of hydrogen-bond donors (Lipinski definition) is 2. The van der Waals surface area contributed by atoms with Crippen molar-refractivity contribution in [1.29, 1.82) is 0 Å². The van der Waals surface area contributed by atoms with Gasteiger partial charge in [0.05, 0.1) is 0 Å². The molecule has 0 atom stereocenters. The van der Waals surface area contributed by atoms with Crippen molar-refractivity contribution in [2.75, 3.05) is 19.3 Å².